The smallest absolute Gasteiger partial charge is 0.411 e. The number of likely N-dealkylation sites (N-methyl/N-ethyl adjacent to an activating group) is 1. The van der Waals surface area contributed by atoms with Gasteiger partial charge in [0.25, 0.3) is 0 Å². The minimum absolute atomic E-state index is 0.259. The maximum Gasteiger partial charge on any atom is 0.411 e. The normalized spacial score (nSPS) is 27.1. The lowest BCUT2D eigenvalue weighted by Crippen LogP contribution is -2.61. The second-order valence-corrected chi connectivity index (χ2v) is 5.72. The molecule has 1 N–H and O–H groups in total. The summed E-state index contributed by atoms with van der Waals surface area (Å²) in [5.74, 6) is -1.05. The van der Waals surface area contributed by atoms with E-state index in [4.69, 9.17) is 9.47 Å². The van der Waals surface area contributed by atoms with E-state index in [2.05, 4.69) is 0 Å². The van der Waals surface area contributed by atoms with Gasteiger partial charge in [-0.25, -0.2) is 9.59 Å². The van der Waals surface area contributed by atoms with Gasteiger partial charge >= 0.3 is 12.1 Å². The number of amides is 1. The number of carbonyl (C=O) groups excluding carboxylic acids is 1. The number of carbonyl (C=O) groups is 2. The fourth-order valence-corrected chi connectivity index (χ4v) is 2.37. The Morgan fingerprint density at radius 3 is 2.37 bits per heavy atom. The maximum atomic E-state index is 12.2. The molecule has 6 nitrogen and oxygen atoms in total. The van der Waals surface area contributed by atoms with Crippen LogP contribution in [0, 0.1) is 0 Å². The minimum atomic E-state index is -1.34. The van der Waals surface area contributed by atoms with Crippen molar-refractivity contribution >= 4 is 12.1 Å². The van der Waals surface area contributed by atoms with Crippen molar-refractivity contribution in [1.29, 1.82) is 0 Å². The summed E-state index contributed by atoms with van der Waals surface area (Å²) in [5, 5.41) is 9.55. The van der Waals surface area contributed by atoms with Gasteiger partial charge in [0.15, 0.2) is 5.54 Å². The van der Waals surface area contributed by atoms with E-state index < -0.39 is 29.3 Å². The third-order valence-corrected chi connectivity index (χ3v) is 3.31. The fourth-order valence-electron chi connectivity index (χ4n) is 2.37. The van der Waals surface area contributed by atoms with Gasteiger partial charge in [-0.1, -0.05) is 0 Å². The van der Waals surface area contributed by atoms with Gasteiger partial charge in [0, 0.05) is 13.0 Å². The van der Waals surface area contributed by atoms with Crippen LogP contribution in [-0.2, 0) is 14.3 Å². The second-order valence-electron chi connectivity index (χ2n) is 5.72. The molecule has 1 rings (SSSR count). The Labute approximate surface area is 113 Å². The van der Waals surface area contributed by atoms with Crippen molar-refractivity contribution in [2.75, 3.05) is 13.2 Å². The SMILES string of the molecule is CCN(C(=O)OC(C)(C)C)C1(C(=O)O)CCOC1C. The van der Waals surface area contributed by atoms with Crippen LogP contribution in [0.5, 0.6) is 0 Å². The summed E-state index contributed by atoms with van der Waals surface area (Å²) < 4.78 is 10.7. The van der Waals surface area contributed by atoms with Gasteiger partial charge in [-0.3, -0.25) is 4.90 Å². The Kier molecular flexibility index (Phi) is 4.45. The first kappa shape index (κ1) is 15.8. The third kappa shape index (κ3) is 3.00. The van der Waals surface area contributed by atoms with Gasteiger partial charge < -0.3 is 14.6 Å². The largest absolute Gasteiger partial charge is 0.479 e. The van der Waals surface area contributed by atoms with E-state index in [0.29, 0.717) is 6.61 Å². The molecule has 0 aliphatic carbocycles. The Bertz CT molecular complexity index is 363. The number of carboxylic acid groups (broad SMARTS) is 1. The highest BCUT2D eigenvalue weighted by Gasteiger charge is 2.55. The lowest BCUT2D eigenvalue weighted by molar-refractivity contribution is -0.154. The van der Waals surface area contributed by atoms with Crippen molar-refractivity contribution < 1.29 is 24.2 Å². The molecular formula is C13H23NO5. The first-order chi connectivity index (χ1) is 8.65. The van der Waals surface area contributed by atoms with Gasteiger partial charge in [0.2, 0.25) is 0 Å². The molecule has 2 unspecified atom stereocenters. The zero-order valence-electron chi connectivity index (χ0n) is 12.2. The number of rotatable bonds is 3. The molecule has 2 atom stereocenters. The van der Waals surface area contributed by atoms with E-state index >= 15 is 0 Å². The molecular weight excluding hydrogens is 250 g/mol. The number of hydrogen-bond donors (Lipinski definition) is 1. The average molecular weight is 273 g/mol. The monoisotopic (exact) mass is 273 g/mol. The van der Waals surface area contributed by atoms with Crippen molar-refractivity contribution in [3.05, 3.63) is 0 Å². The summed E-state index contributed by atoms with van der Waals surface area (Å²) in [7, 11) is 0. The molecule has 0 bridgehead atoms. The zero-order chi connectivity index (χ0) is 14.8. The topological polar surface area (TPSA) is 76.1 Å². The molecule has 1 aliphatic rings. The van der Waals surface area contributed by atoms with Crippen LogP contribution < -0.4 is 0 Å². The fraction of sp³-hybridized carbons (Fsp3) is 0.846. The number of aliphatic carboxylic acids is 1. The summed E-state index contributed by atoms with van der Waals surface area (Å²) in [6.07, 6.45) is -0.899. The molecule has 19 heavy (non-hydrogen) atoms. The van der Waals surface area contributed by atoms with Crippen molar-refractivity contribution in [1.82, 2.24) is 4.90 Å². The summed E-state index contributed by atoms with van der Waals surface area (Å²) >= 11 is 0. The summed E-state index contributed by atoms with van der Waals surface area (Å²) in [6, 6.07) is 0. The molecule has 1 amide bonds. The molecule has 6 heteroatoms. The van der Waals surface area contributed by atoms with Crippen molar-refractivity contribution in [2.45, 2.75) is 58.3 Å². The van der Waals surface area contributed by atoms with E-state index in [1.54, 1.807) is 34.6 Å². The molecule has 0 saturated carbocycles. The lowest BCUT2D eigenvalue weighted by atomic mass is 9.90. The lowest BCUT2D eigenvalue weighted by Gasteiger charge is -2.39. The van der Waals surface area contributed by atoms with Crippen molar-refractivity contribution in [3.8, 4) is 0 Å². The van der Waals surface area contributed by atoms with Crippen LogP contribution in [0.4, 0.5) is 4.79 Å². The van der Waals surface area contributed by atoms with Crippen LogP contribution in [0.2, 0.25) is 0 Å². The Balaban J connectivity index is 3.05. The molecule has 0 aromatic carbocycles. The van der Waals surface area contributed by atoms with E-state index in [-0.39, 0.29) is 13.0 Å². The molecule has 110 valence electrons. The number of carboxylic acids is 1. The summed E-state index contributed by atoms with van der Waals surface area (Å²) in [5.41, 5.74) is -2.00. The molecule has 1 aliphatic heterocycles. The highest BCUT2D eigenvalue weighted by Crippen LogP contribution is 2.33. The number of ether oxygens (including phenoxy) is 2. The molecule has 0 aromatic rings. The Hall–Kier alpha value is -1.30. The Morgan fingerprint density at radius 1 is 1.47 bits per heavy atom. The first-order valence-electron chi connectivity index (χ1n) is 6.50. The van der Waals surface area contributed by atoms with Gasteiger partial charge in [0.05, 0.1) is 12.7 Å². The molecule has 0 spiro atoms. The predicted octanol–water partition coefficient (Wildman–Crippen LogP) is 1.88. The van der Waals surface area contributed by atoms with Gasteiger partial charge in [-0.15, -0.1) is 0 Å². The predicted molar refractivity (Wildman–Crippen MR) is 69.0 cm³/mol. The van der Waals surface area contributed by atoms with Gasteiger partial charge in [-0.2, -0.15) is 0 Å². The first-order valence-corrected chi connectivity index (χ1v) is 6.50. The highest BCUT2D eigenvalue weighted by molar-refractivity contribution is 5.85. The Morgan fingerprint density at radius 2 is 2.05 bits per heavy atom. The van der Waals surface area contributed by atoms with Crippen molar-refractivity contribution in [2.24, 2.45) is 0 Å². The molecule has 1 heterocycles. The zero-order valence-corrected chi connectivity index (χ0v) is 12.2. The number of nitrogens with zero attached hydrogens (tertiary/aromatic N) is 1. The third-order valence-electron chi connectivity index (χ3n) is 3.31. The molecule has 1 fully saturated rings. The van der Waals surface area contributed by atoms with Crippen LogP contribution in [0.1, 0.15) is 41.0 Å². The summed E-state index contributed by atoms with van der Waals surface area (Å²) in [6.45, 7) is 9.25. The van der Waals surface area contributed by atoms with E-state index in [0.717, 1.165) is 0 Å². The standard InChI is InChI=1S/C13H23NO5/c1-6-14(11(17)19-12(3,4)5)13(10(15)16)7-8-18-9(13)2/h9H,6-8H2,1-5H3,(H,15,16). The average Bonchev–Trinajstić information content (AvgIpc) is 2.60. The maximum absolute atomic E-state index is 12.2. The van der Waals surface area contributed by atoms with E-state index in [9.17, 15) is 14.7 Å². The van der Waals surface area contributed by atoms with Crippen LogP contribution in [0.3, 0.4) is 0 Å². The second kappa shape index (κ2) is 5.36. The summed E-state index contributed by atoms with van der Waals surface area (Å²) in [4.78, 5) is 25.2. The minimum Gasteiger partial charge on any atom is -0.479 e. The molecule has 1 saturated heterocycles. The molecule has 0 aromatic heterocycles. The highest BCUT2D eigenvalue weighted by atomic mass is 16.6. The van der Waals surface area contributed by atoms with Gasteiger partial charge in [-0.05, 0) is 34.6 Å². The van der Waals surface area contributed by atoms with Crippen LogP contribution >= 0.6 is 0 Å². The van der Waals surface area contributed by atoms with Crippen LogP contribution in [0.25, 0.3) is 0 Å². The van der Waals surface area contributed by atoms with E-state index in [1.165, 1.54) is 4.90 Å². The van der Waals surface area contributed by atoms with Crippen LogP contribution in [0.15, 0.2) is 0 Å². The van der Waals surface area contributed by atoms with Gasteiger partial charge in [0.1, 0.15) is 5.60 Å². The number of hydrogen-bond acceptors (Lipinski definition) is 4. The van der Waals surface area contributed by atoms with Crippen molar-refractivity contribution in [3.63, 3.8) is 0 Å². The quantitative estimate of drug-likeness (QED) is 0.849. The van der Waals surface area contributed by atoms with Crippen LogP contribution in [-0.4, -0.2) is 52.5 Å². The molecule has 0 radical (unpaired) electrons. The van der Waals surface area contributed by atoms with E-state index in [1.807, 2.05) is 0 Å².